The van der Waals surface area contributed by atoms with Crippen molar-refractivity contribution in [3.63, 3.8) is 0 Å². The summed E-state index contributed by atoms with van der Waals surface area (Å²) in [6.45, 7) is 5.05. The summed E-state index contributed by atoms with van der Waals surface area (Å²) < 4.78 is 50.1. The van der Waals surface area contributed by atoms with Crippen LogP contribution in [0.1, 0.15) is 39.2 Å². The average Bonchev–Trinajstić information content (AvgIpc) is 2.97. The van der Waals surface area contributed by atoms with Gasteiger partial charge in [0.1, 0.15) is 11.2 Å². The standard InChI is InChI=1S/C13H16F3NO2/c1-12(2,3)19-10-7-17-6-9(18-8-4-5-8)11(10)13(14,15)16/h6-8H,4-5H2,1-3H3. The second-order valence-electron chi connectivity index (χ2n) is 5.54. The van der Waals surface area contributed by atoms with Gasteiger partial charge in [0.05, 0.1) is 18.5 Å². The predicted octanol–water partition coefficient (Wildman–Crippen LogP) is 3.82. The monoisotopic (exact) mass is 275 g/mol. The Morgan fingerprint density at radius 2 is 1.68 bits per heavy atom. The number of rotatable bonds is 3. The molecule has 1 aliphatic carbocycles. The third kappa shape index (κ3) is 3.75. The van der Waals surface area contributed by atoms with Crippen LogP contribution in [0, 0.1) is 0 Å². The number of halogens is 3. The van der Waals surface area contributed by atoms with Crippen molar-refractivity contribution in [2.75, 3.05) is 0 Å². The van der Waals surface area contributed by atoms with Crippen LogP contribution in [-0.4, -0.2) is 16.7 Å². The summed E-state index contributed by atoms with van der Waals surface area (Å²) in [6.07, 6.45) is -0.936. The molecule has 0 bridgehead atoms. The van der Waals surface area contributed by atoms with Crippen molar-refractivity contribution in [1.29, 1.82) is 0 Å². The molecule has 1 aliphatic rings. The third-order valence-corrected chi connectivity index (χ3v) is 2.39. The van der Waals surface area contributed by atoms with Crippen LogP contribution >= 0.6 is 0 Å². The van der Waals surface area contributed by atoms with Gasteiger partial charge in [0.2, 0.25) is 0 Å². The van der Waals surface area contributed by atoms with E-state index in [0.29, 0.717) is 0 Å². The highest BCUT2D eigenvalue weighted by Gasteiger charge is 2.40. The second-order valence-corrected chi connectivity index (χ2v) is 5.54. The van der Waals surface area contributed by atoms with E-state index in [4.69, 9.17) is 9.47 Å². The van der Waals surface area contributed by atoms with Gasteiger partial charge < -0.3 is 9.47 Å². The first-order valence-electron chi connectivity index (χ1n) is 6.08. The lowest BCUT2D eigenvalue weighted by atomic mass is 10.1. The summed E-state index contributed by atoms with van der Waals surface area (Å²) in [5.41, 5.74) is -1.62. The molecule has 2 rings (SSSR count). The molecule has 1 aromatic rings. The Hall–Kier alpha value is -1.46. The maximum atomic E-state index is 13.2. The smallest absolute Gasteiger partial charge is 0.423 e. The van der Waals surface area contributed by atoms with Crippen molar-refractivity contribution < 1.29 is 22.6 Å². The fourth-order valence-corrected chi connectivity index (χ4v) is 1.56. The zero-order valence-electron chi connectivity index (χ0n) is 11.0. The van der Waals surface area contributed by atoms with E-state index in [-0.39, 0.29) is 17.6 Å². The number of aromatic nitrogens is 1. The normalized spacial score (nSPS) is 16.3. The van der Waals surface area contributed by atoms with Crippen molar-refractivity contribution in [2.45, 2.75) is 51.5 Å². The summed E-state index contributed by atoms with van der Waals surface area (Å²) in [6, 6.07) is 0. The number of pyridine rings is 1. The molecule has 0 aliphatic heterocycles. The Kier molecular flexibility index (Phi) is 3.36. The Morgan fingerprint density at radius 3 is 2.16 bits per heavy atom. The fourth-order valence-electron chi connectivity index (χ4n) is 1.56. The van der Waals surface area contributed by atoms with Crippen molar-refractivity contribution in [3.05, 3.63) is 18.0 Å². The van der Waals surface area contributed by atoms with Gasteiger partial charge in [-0.15, -0.1) is 0 Å². The molecule has 0 radical (unpaired) electrons. The fraction of sp³-hybridized carbons (Fsp3) is 0.615. The van der Waals surface area contributed by atoms with E-state index in [1.807, 2.05) is 0 Å². The molecule has 0 N–H and O–H groups in total. The zero-order valence-corrected chi connectivity index (χ0v) is 11.0. The minimum absolute atomic E-state index is 0.132. The van der Waals surface area contributed by atoms with Crippen LogP contribution in [0.3, 0.4) is 0 Å². The quantitative estimate of drug-likeness (QED) is 0.840. The number of nitrogens with zero attached hydrogens (tertiary/aromatic N) is 1. The van der Waals surface area contributed by atoms with Gasteiger partial charge in [0, 0.05) is 0 Å². The number of hydrogen-bond donors (Lipinski definition) is 0. The molecule has 0 aromatic carbocycles. The van der Waals surface area contributed by atoms with Crippen LogP contribution in [0.2, 0.25) is 0 Å². The van der Waals surface area contributed by atoms with Crippen molar-refractivity contribution in [1.82, 2.24) is 4.98 Å². The molecule has 1 aromatic heterocycles. The van der Waals surface area contributed by atoms with E-state index in [1.165, 1.54) is 0 Å². The lowest BCUT2D eigenvalue weighted by Gasteiger charge is -2.24. The molecule has 3 nitrogen and oxygen atoms in total. The van der Waals surface area contributed by atoms with Crippen LogP contribution in [0.4, 0.5) is 13.2 Å². The molecule has 1 saturated carbocycles. The number of ether oxygens (including phenoxy) is 2. The van der Waals surface area contributed by atoms with Crippen LogP contribution in [0.5, 0.6) is 11.5 Å². The maximum Gasteiger partial charge on any atom is 0.423 e. The Bertz CT molecular complexity index is 462. The molecule has 6 heteroatoms. The van der Waals surface area contributed by atoms with Crippen LogP contribution in [0.25, 0.3) is 0 Å². The average molecular weight is 275 g/mol. The predicted molar refractivity (Wildman–Crippen MR) is 63.3 cm³/mol. The summed E-state index contributed by atoms with van der Waals surface area (Å²) in [5.74, 6) is -0.546. The summed E-state index contributed by atoms with van der Waals surface area (Å²) in [7, 11) is 0. The molecule has 1 fully saturated rings. The Balaban J connectivity index is 2.40. The van der Waals surface area contributed by atoms with E-state index >= 15 is 0 Å². The molecule has 1 heterocycles. The van der Waals surface area contributed by atoms with Gasteiger partial charge in [-0.1, -0.05) is 0 Å². The highest BCUT2D eigenvalue weighted by Crippen LogP contribution is 2.44. The van der Waals surface area contributed by atoms with Gasteiger partial charge in [0.25, 0.3) is 0 Å². The molecular formula is C13H16F3NO2. The maximum absolute atomic E-state index is 13.2. The molecular weight excluding hydrogens is 259 g/mol. The van der Waals surface area contributed by atoms with Crippen molar-refractivity contribution in [3.8, 4) is 11.5 Å². The molecule has 106 valence electrons. The summed E-state index contributed by atoms with van der Waals surface area (Å²) in [5, 5.41) is 0. The molecule has 19 heavy (non-hydrogen) atoms. The number of hydrogen-bond acceptors (Lipinski definition) is 3. The molecule has 0 atom stereocenters. The first-order chi connectivity index (χ1) is 8.67. The van der Waals surface area contributed by atoms with Gasteiger partial charge in [-0.2, -0.15) is 13.2 Å². The van der Waals surface area contributed by atoms with E-state index in [1.54, 1.807) is 20.8 Å². The third-order valence-electron chi connectivity index (χ3n) is 2.39. The SMILES string of the molecule is CC(C)(C)Oc1cncc(OC2CC2)c1C(F)(F)F. The van der Waals surface area contributed by atoms with E-state index in [9.17, 15) is 13.2 Å². The summed E-state index contributed by atoms with van der Waals surface area (Å²) in [4.78, 5) is 3.77. The van der Waals surface area contributed by atoms with Crippen LogP contribution in [0.15, 0.2) is 12.4 Å². The Labute approximate surface area is 109 Å². The van der Waals surface area contributed by atoms with Gasteiger partial charge in [0.15, 0.2) is 11.5 Å². The van der Waals surface area contributed by atoms with E-state index in [2.05, 4.69) is 4.98 Å². The first-order valence-corrected chi connectivity index (χ1v) is 6.08. The van der Waals surface area contributed by atoms with Crippen molar-refractivity contribution in [2.24, 2.45) is 0 Å². The lowest BCUT2D eigenvalue weighted by Crippen LogP contribution is -2.25. The number of alkyl halides is 3. The van der Waals surface area contributed by atoms with Gasteiger partial charge in [-0.25, -0.2) is 0 Å². The lowest BCUT2D eigenvalue weighted by molar-refractivity contribution is -0.141. The first kappa shape index (κ1) is 14.0. The highest BCUT2D eigenvalue weighted by molar-refractivity contribution is 5.44. The highest BCUT2D eigenvalue weighted by atomic mass is 19.4. The van der Waals surface area contributed by atoms with Gasteiger partial charge in [-0.3, -0.25) is 4.98 Å². The molecule has 0 saturated heterocycles. The van der Waals surface area contributed by atoms with Crippen molar-refractivity contribution >= 4 is 0 Å². The minimum Gasteiger partial charge on any atom is -0.488 e. The molecule has 0 unspecified atom stereocenters. The van der Waals surface area contributed by atoms with Gasteiger partial charge >= 0.3 is 6.18 Å². The Morgan fingerprint density at radius 1 is 1.11 bits per heavy atom. The summed E-state index contributed by atoms with van der Waals surface area (Å²) >= 11 is 0. The topological polar surface area (TPSA) is 31.4 Å². The zero-order chi connectivity index (χ0) is 14.3. The van der Waals surface area contributed by atoms with Crippen LogP contribution in [-0.2, 0) is 6.18 Å². The van der Waals surface area contributed by atoms with Crippen LogP contribution < -0.4 is 9.47 Å². The minimum atomic E-state index is -4.53. The molecule has 0 spiro atoms. The van der Waals surface area contributed by atoms with E-state index in [0.717, 1.165) is 25.2 Å². The van der Waals surface area contributed by atoms with Gasteiger partial charge in [-0.05, 0) is 33.6 Å². The van der Waals surface area contributed by atoms with E-state index < -0.39 is 17.3 Å². The largest absolute Gasteiger partial charge is 0.488 e. The molecule has 0 amide bonds. The second kappa shape index (κ2) is 4.58.